The SMILES string of the molecule is C[C@H](NC(=O)[C@](Cc1ccccc1)(NC(=O)OCc1ccccc1)C(F)F)C(=O)N[C@@H](CCCN=C(N)N)C(=O)O. The van der Waals surface area contributed by atoms with E-state index in [2.05, 4.69) is 15.6 Å². The normalized spacial score (nSPS) is 13.7. The molecule has 3 atom stereocenters. The van der Waals surface area contributed by atoms with E-state index in [0.717, 1.165) is 0 Å². The zero-order chi connectivity index (χ0) is 30.4. The number of carbonyl (C=O) groups excluding carboxylic acids is 3. The van der Waals surface area contributed by atoms with Gasteiger partial charge in [0.2, 0.25) is 5.91 Å². The molecule has 3 amide bonds. The van der Waals surface area contributed by atoms with Gasteiger partial charge in [-0.1, -0.05) is 60.7 Å². The Balaban J connectivity index is 2.19. The number of rotatable bonds is 15. The molecule has 8 N–H and O–H groups in total. The summed E-state index contributed by atoms with van der Waals surface area (Å²) < 4.78 is 34.4. The minimum absolute atomic E-state index is 0.0394. The predicted molar refractivity (Wildman–Crippen MR) is 146 cm³/mol. The van der Waals surface area contributed by atoms with Gasteiger partial charge in [0.25, 0.3) is 12.3 Å². The molecule has 0 bridgehead atoms. The van der Waals surface area contributed by atoms with Crippen LogP contribution in [0.4, 0.5) is 13.6 Å². The van der Waals surface area contributed by atoms with Crippen molar-refractivity contribution < 1.29 is 37.8 Å². The van der Waals surface area contributed by atoms with Gasteiger partial charge in [-0.2, -0.15) is 0 Å². The Hall–Kier alpha value is -4.75. The van der Waals surface area contributed by atoms with Crippen molar-refractivity contribution in [2.75, 3.05) is 6.54 Å². The quantitative estimate of drug-likeness (QED) is 0.103. The van der Waals surface area contributed by atoms with Crippen molar-refractivity contribution in [1.29, 1.82) is 0 Å². The first-order chi connectivity index (χ1) is 19.4. The second-order valence-corrected chi connectivity index (χ2v) is 9.16. The van der Waals surface area contributed by atoms with E-state index in [0.29, 0.717) is 11.1 Å². The van der Waals surface area contributed by atoms with E-state index in [4.69, 9.17) is 16.2 Å². The third-order valence-corrected chi connectivity index (χ3v) is 5.94. The van der Waals surface area contributed by atoms with Crippen molar-refractivity contribution in [3.8, 4) is 0 Å². The monoisotopic (exact) mass is 576 g/mol. The fraction of sp³-hybridized carbons (Fsp3) is 0.370. The first-order valence-corrected chi connectivity index (χ1v) is 12.6. The highest BCUT2D eigenvalue weighted by Crippen LogP contribution is 2.23. The molecule has 0 unspecified atom stereocenters. The number of ether oxygens (including phenoxy) is 1. The summed E-state index contributed by atoms with van der Waals surface area (Å²) in [6, 6.07) is 13.5. The molecular weight excluding hydrogens is 542 g/mol. The minimum atomic E-state index is -3.43. The number of nitrogens with zero attached hydrogens (tertiary/aromatic N) is 1. The van der Waals surface area contributed by atoms with Gasteiger partial charge in [0.1, 0.15) is 18.7 Å². The number of carbonyl (C=O) groups is 4. The number of aliphatic imine (C=N–C) groups is 1. The highest BCUT2D eigenvalue weighted by atomic mass is 19.3. The van der Waals surface area contributed by atoms with Gasteiger partial charge in [-0.05, 0) is 30.9 Å². The fourth-order valence-corrected chi connectivity index (χ4v) is 3.72. The van der Waals surface area contributed by atoms with Crippen LogP contribution in [0.2, 0.25) is 0 Å². The number of nitrogens with one attached hydrogen (secondary N) is 3. The molecule has 2 rings (SSSR count). The third-order valence-electron chi connectivity index (χ3n) is 5.94. The molecule has 41 heavy (non-hydrogen) atoms. The molecule has 0 saturated heterocycles. The zero-order valence-electron chi connectivity index (χ0n) is 22.4. The molecule has 0 heterocycles. The largest absolute Gasteiger partial charge is 0.480 e. The molecule has 14 heteroatoms. The Morgan fingerprint density at radius 1 is 0.976 bits per heavy atom. The molecule has 0 aliphatic heterocycles. The summed E-state index contributed by atoms with van der Waals surface area (Å²) in [5.41, 5.74) is 8.53. The molecule has 0 aromatic heterocycles. The topological polar surface area (TPSA) is 198 Å². The Morgan fingerprint density at radius 2 is 1.56 bits per heavy atom. The molecule has 2 aromatic rings. The first kappa shape index (κ1) is 32.5. The molecule has 0 spiro atoms. The Labute approximate surface area is 235 Å². The van der Waals surface area contributed by atoms with E-state index in [1.807, 2.05) is 5.32 Å². The molecule has 12 nitrogen and oxygen atoms in total. The van der Waals surface area contributed by atoms with Gasteiger partial charge < -0.3 is 37.3 Å². The maximum absolute atomic E-state index is 14.7. The highest BCUT2D eigenvalue weighted by Gasteiger charge is 2.50. The van der Waals surface area contributed by atoms with Crippen LogP contribution in [0.1, 0.15) is 30.9 Å². The molecular formula is C27H34F2N6O6. The van der Waals surface area contributed by atoms with Crippen molar-refractivity contribution in [3.63, 3.8) is 0 Å². The lowest BCUT2D eigenvalue weighted by Crippen LogP contribution is -2.66. The second kappa shape index (κ2) is 15.7. The van der Waals surface area contributed by atoms with E-state index in [9.17, 15) is 33.1 Å². The molecule has 0 radical (unpaired) electrons. The van der Waals surface area contributed by atoms with E-state index in [-0.39, 0.29) is 32.0 Å². The zero-order valence-corrected chi connectivity index (χ0v) is 22.4. The van der Waals surface area contributed by atoms with E-state index in [1.165, 1.54) is 19.1 Å². The molecule has 0 fully saturated rings. The standard InChI is InChI=1S/C27H34F2N6O6/c1-17(21(36)34-20(22(37)38)13-8-14-32-25(30)31)33-24(39)27(23(28)29,15-18-9-4-2-5-10-18)35-26(40)41-16-19-11-6-3-7-12-19/h2-7,9-12,17,20,23H,8,13-16H2,1H3,(H,33,39)(H,34,36)(H,35,40)(H,37,38)(H4,30,31,32)/t17-,20-,27+/m0/s1. The summed E-state index contributed by atoms with van der Waals surface area (Å²) in [6.45, 7) is 1.08. The number of halogens is 2. The van der Waals surface area contributed by atoms with Crippen molar-refractivity contribution in [3.05, 3.63) is 71.8 Å². The van der Waals surface area contributed by atoms with Crippen LogP contribution in [-0.2, 0) is 32.1 Å². The van der Waals surface area contributed by atoms with Crippen LogP contribution in [0.5, 0.6) is 0 Å². The van der Waals surface area contributed by atoms with Crippen molar-refractivity contribution in [1.82, 2.24) is 16.0 Å². The number of alkyl carbamates (subject to hydrolysis) is 1. The van der Waals surface area contributed by atoms with Gasteiger partial charge >= 0.3 is 12.1 Å². The number of alkyl halides is 2. The van der Waals surface area contributed by atoms with Crippen LogP contribution in [0.3, 0.4) is 0 Å². The van der Waals surface area contributed by atoms with Gasteiger partial charge in [-0.25, -0.2) is 18.4 Å². The number of aliphatic carboxylic acids is 1. The third kappa shape index (κ3) is 10.4. The van der Waals surface area contributed by atoms with Crippen LogP contribution in [0, 0.1) is 0 Å². The summed E-state index contributed by atoms with van der Waals surface area (Å²) >= 11 is 0. The van der Waals surface area contributed by atoms with Crippen LogP contribution in [0.15, 0.2) is 65.7 Å². The van der Waals surface area contributed by atoms with Crippen LogP contribution in [0.25, 0.3) is 0 Å². The summed E-state index contributed by atoms with van der Waals surface area (Å²) in [4.78, 5) is 54.0. The highest BCUT2D eigenvalue weighted by molar-refractivity contribution is 5.95. The van der Waals surface area contributed by atoms with Crippen LogP contribution < -0.4 is 27.4 Å². The Morgan fingerprint density at radius 3 is 2.10 bits per heavy atom. The molecule has 0 aliphatic carbocycles. The van der Waals surface area contributed by atoms with Crippen LogP contribution in [-0.4, -0.2) is 65.5 Å². The second-order valence-electron chi connectivity index (χ2n) is 9.16. The van der Waals surface area contributed by atoms with E-state index >= 15 is 0 Å². The van der Waals surface area contributed by atoms with Gasteiger partial charge in [0.15, 0.2) is 11.5 Å². The smallest absolute Gasteiger partial charge is 0.408 e. The van der Waals surface area contributed by atoms with E-state index in [1.54, 1.807) is 48.5 Å². The number of benzene rings is 2. The Kier molecular flexibility index (Phi) is 12.5. The molecule has 222 valence electrons. The van der Waals surface area contributed by atoms with Crippen LogP contribution >= 0.6 is 0 Å². The average Bonchev–Trinajstić information content (AvgIpc) is 2.93. The summed E-state index contributed by atoms with van der Waals surface area (Å²) in [5.74, 6) is -3.83. The molecule has 0 aliphatic rings. The van der Waals surface area contributed by atoms with Crippen molar-refractivity contribution in [2.24, 2.45) is 16.5 Å². The van der Waals surface area contributed by atoms with Crippen molar-refractivity contribution in [2.45, 2.75) is 56.8 Å². The lowest BCUT2D eigenvalue weighted by molar-refractivity contribution is -0.142. The number of guanidine groups is 1. The van der Waals surface area contributed by atoms with Gasteiger partial charge in [-0.3, -0.25) is 14.6 Å². The fourth-order valence-electron chi connectivity index (χ4n) is 3.72. The number of nitrogens with two attached hydrogens (primary N) is 2. The average molecular weight is 577 g/mol. The van der Waals surface area contributed by atoms with E-state index < -0.39 is 54.3 Å². The number of carboxylic acids is 1. The summed E-state index contributed by atoms with van der Waals surface area (Å²) in [5, 5.41) is 15.9. The summed E-state index contributed by atoms with van der Waals surface area (Å²) in [6.07, 6.45) is -5.15. The lowest BCUT2D eigenvalue weighted by atomic mass is 9.89. The first-order valence-electron chi connectivity index (χ1n) is 12.6. The maximum Gasteiger partial charge on any atom is 0.408 e. The minimum Gasteiger partial charge on any atom is -0.480 e. The number of hydrogen-bond acceptors (Lipinski definition) is 6. The Bertz CT molecular complexity index is 1200. The van der Waals surface area contributed by atoms with Gasteiger partial charge in [0.05, 0.1) is 0 Å². The van der Waals surface area contributed by atoms with Gasteiger partial charge in [-0.15, -0.1) is 0 Å². The van der Waals surface area contributed by atoms with Gasteiger partial charge in [0, 0.05) is 13.0 Å². The number of carboxylic acid groups (broad SMARTS) is 1. The molecule has 2 aromatic carbocycles. The number of hydrogen-bond donors (Lipinski definition) is 6. The summed E-state index contributed by atoms with van der Waals surface area (Å²) in [7, 11) is 0. The maximum atomic E-state index is 14.7. The predicted octanol–water partition coefficient (Wildman–Crippen LogP) is 1.29. The lowest BCUT2D eigenvalue weighted by Gasteiger charge is -2.33. The van der Waals surface area contributed by atoms with Crippen molar-refractivity contribution >= 4 is 29.8 Å². The molecule has 0 saturated carbocycles. The number of amides is 3.